The van der Waals surface area contributed by atoms with Crippen LogP contribution in [0.1, 0.15) is 15.9 Å². The van der Waals surface area contributed by atoms with Crippen LogP contribution in [0.25, 0.3) is 0 Å². The number of ether oxygens (including phenoxy) is 2. The van der Waals surface area contributed by atoms with E-state index >= 15 is 0 Å². The smallest absolute Gasteiger partial charge is 0.255 e. The minimum atomic E-state index is -0.220. The van der Waals surface area contributed by atoms with E-state index in [1.807, 2.05) is 49.5 Å². The second-order valence-electron chi connectivity index (χ2n) is 6.44. The summed E-state index contributed by atoms with van der Waals surface area (Å²) in [4.78, 5) is 14.7. The van der Waals surface area contributed by atoms with Gasteiger partial charge in [-0.15, -0.1) is 0 Å². The summed E-state index contributed by atoms with van der Waals surface area (Å²) in [7, 11) is 5.16. The van der Waals surface area contributed by atoms with Crippen molar-refractivity contribution in [1.82, 2.24) is 0 Å². The highest BCUT2D eigenvalue weighted by molar-refractivity contribution is 6.04. The van der Waals surface area contributed by atoms with Gasteiger partial charge in [0, 0.05) is 36.6 Å². The highest BCUT2D eigenvalue weighted by atomic mass is 16.5. The zero-order chi connectivity index (χ0) is 19.9. The van der Waals surface area contributed by atoms with Crippen molar-refractivity contribution >= 4 is 17.3 Å². The van der Waals surface area contributed by atoms with E-state index in [1.165, 1.54) is 5.56 Å². The SMILES string of the molecule is COc1cc(OC)cc(C(=O)Nc2ccc(N(C)Cc3ccccc3)cc2)c1. The van der Waals surface area contributed by atoms with Gasteiger partial charge in [0.25, 0.3) is 5.91 Å². The molecule has 5 heteroatoms. The number of carbonyl (C=O) groups excluding carboxylic acids is 1. The summed E-state index contributed by atoms with van der Waals surface area (Å²) in [5.74, 6) is 0.923. The Labute approximate surface area is 165 Å². The molecule has 0 spiro atoms. The highest BCUT2D eigenvalue weighted by Crippen LogP contribution is 2.24. The summed E-state index contributed by atoms with van der Waals surface area (Å²) in [5.41, 5.74) is 3.52. The van der Waals surface area contributed by atoms with E-state index in [1.54, 1.807) is 32.4 Å². The molecule has 0 saturated carbocycles. The second kappa shape index (κ2) is 8.95. The number of amides is 1. The maximum absolute atomic E-state index is 12.6. The second-order valence-corrected chi connectivity index (χ2v) is 6.44. The standard InChI is InChI=1S/C23H24N2O3/c1-25(16-17-7-5-4-6-8-17)20-11-9-19(10-12-20)24-23(26)18-13-21(27-2)15-22(14-18)28-3/h4-15H,16H2,1-3H3,(H,24,26). The highest BCUT2D eigenvalue weighted by Gasteiger charge is 2.11. The summed E-state index contributed by atoms with van der Waals surface area (Å²) < 4.78 is 10.4. The molecule has 0 saturated heterocycles. The Morgan fingerprint density at radius 2 is 1.50 bits per heavy atom. The number of nitrogens with one attached hydrogen (secondary N) is 1. The molecule has 28 heavy (non-hydrogen) atoms. The number of anilines is 2. The van der Waals surface area contributed by atoms with Crippen molar-refractivity contribution in [1.29, 1.82) is 0 Å². The van der Waals surface area contributed by atoms with Gasteiger partial charge in [-0.25, -0.2) is 0 Å². The first-order valence-corrected chi connectivity index (χ1v) is 8.98. The molecule has 0 aliphatic carbocycles. The van der Waals surface area contributed by atoms with Gasteiger partial charge in [-0.1, -0.05) is 30.3 Å². The van der Waals surface area contributed by atoms with Crippen LogP contribution in [0, 0.1) is 0 Å². The van der Waals surface area contributed by atoms with Gasteiger partial charge in [-0.05, 0) is 42.0 Å². The van der Waals surface area contributed by atoms with Gasteiger partial charge in [0.05, 0.1) is 14.2 Å². The molecule has 3 aromatic carbocycles. The van der Waals surface area contributed by atoms with Gasteiger partial charge >= 0.3 is 0 Å². The Kier molecular flexibility index (Phi) is 6.17. The van der Waals surface area contributed by atoms with Crippen LogP contribution in [0.2, 0.25) is 0 Å². The average molecular weight is 376 g/mol. The predicted octanol–water partition coefficient (Wildman–Crippen LogP) is 4.59. The van der Waals surface area contributed by atoms with Gasteiger partial charge in [-0.2, -0.15) is 0 Å². The number of benzene rings is 3. The number of methoxy groups -OCH3 is 2. The molecule has 0 aliphatic rings. The van der Waals surface area contributed by atoms with E-state index in [0.717, 1.165) is 17.9 Å². The lowest BCUT2D eigenvalue weighted by Gasteiger charge is -2.20. The average Bonchev–Trinajstić information content (AvgIpc) is 2.74. The van der Waals surface area contributed by atoms with E-state index in [-0.39, 0.29) is 5.91 Å². The van der Waals surface area contributed by atoms with Crippen LogP contribution in [0.15, 0.2) is 72.8 Å². The molecule has 144 valence electrons. The van der Waals surface area contributed by atoms with Crippen molar-refractivity contribution in [3.63, 3.8) is 0 Å². The molecule has 3 aromatic rings. The lowest BCUT2D eigenvalue weighted by Crippen LogP contribution is -2.16. The zero-order valence-electron chi connectivity index (χ0n) is 16.3. The minimum absolute atomic E-state index is 0.220. The third-order valence-corrected chi connectivity index (χ3v) is 4.44. The number of hydrogen-bond donors (Lipinski definition) is 1. The third-order valence-electron chi connectivity index (χ3n) is 4.44. The Balaban J connectivity index is 1.68. The topological polar surface area (TPSA) is 50.8 Å². The van der Waals surface area contributed by atoms with Crippen LogP contribution in [0.5, 0.6) is 11.5 Å². The molecule has 0 aliphatic heterocycles. The van der Waals surface area contributed by atoms with Gasteiger partial charge in [0.15, 0.2) is 0 Å². The Bertz CT molecular complexity index is 902. The molecule has 3 rings (SSSR count). The molecule has 0 unspecified atom stereocenters. The molecular weight excluding hydrogens is 352 g/mol. The van der Waals surface area contributed by atoms with Gasteiger partial charge in [0.1, 0.15) is 11.5 Å². The van der Waals surface area contributed by atoms with E-state index in [4.69, 9.17) is 9.47 Å². The fraction of sp³-hybridized carbons (Fsp3) is 0.174. The van der Waals surface area contributed by atoms with Crippen LogP contribution < -0.4 is 19.7 Å². The van der Waals surface area contributed by atoms with Gasteiger partial charge < -0.3 is 19.7 Å². The molecule has 0 aromatic heterocycles. The lowest BCUT2D eigenvalue weighted by atomic mass is 10.1. The fourth-order valence-corrected chi connectivity index (χ4v) is 2.89. The minimum Gasteiger partial charge on any atom is -0.497 e. The first-order valence-electron chi connectivity index (χ1n) is 8.98. The van der Waals surface area contributed by atoms with Crippen LogP contribution in [-0.2, 0) is 6.54 Å². The number of nitrogens with zero attached hydrogens (tertiary/aromatic N) is 1. The van der Waals surface area contributed by atoms with Crippen molar-refractivity contribution in [2.75, 3.05) is 31.5 Å². The van der Waals surface area contributed by atoms with E-state index in [9.17, 15) is 4.79 Å². The van der Waals surface area contributed by atoms with E-state index in [2.05, 4.69) is 22.3 Å². The predicted molar refractivity (Wildman–Crippen MR) is 112 cm³/mol. The van der Waals surface area contributed by atoms with Crippen molar-refractivity contribution in [3.8, 4) is 11.5 Å². The molecule has 0 fully saturated rings. The van der Waals surface area contributed by atoms with Crippen LogP contribution in [-0.4, -0.2) is 27.2 Å². The number of rotatable bonds is 7. The van der Waals surface area contributed by atoms with Crippen molar-refractivity contribution in [2.24, 2.45) is 0 Å². The first kappa shape index (κ1) is 19.3. The first-order chi connectivity index (χ1) is 13.6. The molecule has 1 N–H and O–H groups in total. The summed E-state index contributed by atoms with van der Waals surface area (Å²) in [6.07, 6.45) is 0. The van der Waals surface area contributed by atoms with E-state index in [0.29, 0.717) is 17.1 Å². The molecule has 0 heterocycles. The van der Waals surface area contributed by atoms with E-state index < -0.39 is 0 Å². The van der Waals surface area contributed by atoms with Gasteiger partial charge in [0.2, 0.25) is 0 Å². The summed E-state index contributed by atoms with van der Waals surface area (Å²) in [6.45, 7) is 0.816. The quantitative estimate of drug-likeness (QED) is 0.655. The van der Waals surface area contributed by atoms with Crippen LogP contribution in [0.3, 0.4) is 0 Å². The van der Waals surface area contributed by atoms with Crippen LogP contribution >= 0.6 is 0 Å². The Morgan fingerprint density at radius 3 is 2.07 bits per heavy atom. The Morgan fingerprint density at radius 1 is 0.893 bits per heavy atom. The molecule has 0 bridgehead atoms. The molecule has 0 atom stereocenters. The van der Waals surface area contributed by atoms with Crippen molar-refractivity contribution in [2.45, 2.75) is 6.54 Å². The fourth-order valence-electron chi connectivity index (χ4n) is 2.89. The maximum Gasteiger partial charge on any atom is 0.255 e. The largest absolute Gasteiger partial charge is 0.497 e. The van der Waals surface area contributed by atoms with Gasteiger partial charge in [-0.3, -0.25) is 4.79 Å². The lowest BCUT2D eigenvalue weighted by molar-refractivity contribution is 0.102. The number of hydrogen-bond acceptors (Lipinski definition) is 4. The molecule has 5 nitrogen and oxygen atoms in total. The summed E-state index contributed by atoms with van der Waals surface area (Å²) in [6, 6.07) is 23.2. The summed E-state index contributed by atoms with van der Waals surface area (Å²) >= 11 is 0. The number of carbonyl (C=O) groups is 1. The molecule has 1 amide bonds. The van der Waals surface area contributed by atoms with Crippen molar-refractivity contribution in [3.05, 3.63) is 83.9 Å². The molecular formula is C23H24N2O3. The summed E-state index contributed by atoms with van der Waals surface area (Å²) in [5, 5.41) is 2.91. The maximum atomic E-state index is 12.6. The molecule has 0 radical (unpaired) electrons. The Hall–Kier alpha value is -3.47. The van der Waals surface area contributed by atoms with Crippen LogP contribution in [0.4, 0.5) is 11.4 Å². The third kappa shape index (κ3) is 4.82. The normalized spacial score (nSPS) is 10.2. The monoisotopic (exact) mass is 376 g/mol. The zero-order valence-corrected chi connectivity index (χ0v) is 16.3. The van der Waals surface area contributed by atoms with Crippen molar-refractivity contribution < 1.29 is 14.3 Å².